The van der Waals surface area contributed by atoms with Gasteiger partial charge in [0.2, 0.25) is 0 Å². The van der Waals surface area contributed by atoms with E-state index in [0.717, 1.165) is 0 Å². The van der Waals surface area contributed by atoms with Gasteiger partial charge in [0.15, 0.2) is 0 Å². The number of Topliss-reactive ketones (excluding diaryl/α,β-unsaturated/α-hetero) is 1. The number of hydrogen-bond donors (Lipinski definition) is 1. The summed E-state index contributed by atoms with van der Waals surface area (Å²) in [6.07, 6.45) is 0.220. The molecule has 0 aliphatic rings. The van der Waals surface area contributed by atoms with Gasteiger partial charge in [-0.15, -0.1) is 0 Å². The molecule has 2 nitrogen and oxygen atoms in total. The molecule has 0 radical (unpaired) electrons. The van der Waals surface area contributed by atoms with Gasteiger partial charge in [-0.3, -0.25) is 4.79 Å². The van der Waals surface area contributed by atoms with Crippen LogP contribution in [0.3, 0.4) is 0 Å². The Labute approximate surface area is 63.4 Å². The molecule has 0 fully saturated rings. The molecule has 0 rings (SSSR count). The normalized spacial score (nSPS) is 11.6. The average Bonchev–Trinajstić information content (AvgIpc) is 1.62. The Kier molecular flexibility index (Phi) is 3.36. The number of alkyl halides is 1. The first-order valence-electron chi connectivity index (χ1n) is 2.76. The van der Waals surface area contributed by atoms with Gasteiger partial charge in [0.25, 0.3) is 0 Å². The van der Waals surface area contributed by atoms with Crippen molar-refractivity contribution in [2.24, 2.45) is 0 Å². The Bertz CT molecular complexity index is 104. The molecule has 1 N–H and O–H groups in total. The molecule has 54 valence electrons. The number of hydrogen-bond acceptors (Lipinski definition) is 2. The third kappa shape index (κ3) is 5.99. The Morgan fingerprint density at radius 2 is 2.11 bits per heavy atom. The van der Waals surface area contributed by atoms with Crippen LogP contribution in [0.15, 0.2) is 0 Å². The van der Waals surface area contributed by atoms with Gasteiger partial charge in [0.05, 0.1) is 10.9 Å². The number of halogens is 1. The maximum atomic E-state index is 10.6. The van der Waals surface area contributed by atoms with E-state index in [1.165, 1.54) is 0 Å². The van der Waals surface area contributed by atoms with Crippen LogP contribution in [-0.4, -0.2) is 21.8 Å². The van der Waals surface area contributed by atoms with Crippen molar-refractivity contribution in [1.82, 2.24) is 0 Å². The van der Waals surface area contributed by atoms with E-state index < -0.39 is 5.60 Å². The number of aliphatic hydroxyl groups is 1. The standard InChI is InChI=1S/C6H11BrO2/c1-6(2,9)3-5(8)4-7/h9H,3-4H2,1-2H3. The Morgan fingerprint density at radius 3 is 2.22 bits per heavy atom. The fraction of sp³-hybridized carbons (Fsp3) is 0.833. The van der Waals surface area contributed by atoms with E-state index in [9.17, 15) is 4.79 Å². The molecule has 0 saturated carbocycles. The summed E-state index contributed by atoms with van der Waals surface area (Å²) in [6, 6.07) is 0. The molecule has 0 unspecified atom stereocenters. The predicted molar refractivity (Wildman–Crippen MR) is 39.7 cm³/mol. The van der Waals surface area contributed by atoms with Crippen molar-refractivity contribution in [3.63, 3.8) is 0 Å². The van der Waals surface area contributed by atoms with Crippen LogP contribution in [-0.2, 0) is 4.79 Å². The van der Waals surface area contributed by atoms with E-state index in [1.54, 1.807) is 13.8 Å². The van der Waals surface area contributed by atoms with Crippen LogP contribution in [0.2, 0.25) is 0 Å². The summed E-state index contributed by atoms with van der Waals surface area (Å²) in [6.45, 7) is 3.24. The van der Waals surface area contributed by atoms with E-state index in [4.69, 9.17) is 5.11 Å². The fourth-order valence-corrected chi connectivity index (χ4v) is 0.728. The zero-order valence-corrected chi connectivity index (χ0v) is 7.23. The van der Waals surface area contributed by atoms with Gasteiger partial charge in [-0.25, -0.2) is 0 Å². The van der Waals surface area contributed by atoms with Crippen LogP contribution in [0.4, 0.5) is 0 Å². The highest BCUT2D eigenvalue weighted by molar-refractivity contribution is 9.09. The largest absolute Gasteiger partial charge is 0.390 e. The number of rotatable bonds is 3. The predicted octanol–water partition coefficient (Wildman–Crippen LogP) is 1.11. The third-order valence-electron chi connectivity index (χ3n) is 0.779. The topological polar surface area (TPSA) is 37.3 Å². The van der Waals surface area contributed by atoms with Crippen molar-refractivity contribution in [3.05, 3.63) is 0 Å². The SMILES string of the molecule is CC(C)(O)CC(=O)CBr. The van der Waals surface area contributed by atoms with Gasteiger partial charge >= 0.3 is 0 Å². The lowest BCUT2D eigenvalue weighted by atomic mass is 10.0. The summed E-state index contributed by atoms with van der Waals surface area (Å²) in [5.74, 6) is 0.0301. The van der Waals surface area contributed by atoms with Crippen LogP contribution >= 0.6 is 15.9 Å². The van der Waals surface area contributed by atoms with Crippen molar-refractivity contribution >= 4 is 21.7 Å². The summed E-state index contributed by atoms with van der Waals surface area (Å²) in [5.41, 5.74) is -0.856. The highest BCUT2D eigenvalue weighted by Crippen LogP contribution is 2.07. The summed E-state index contributed by atoms with van der Waals surface area (Å²) in [5, 5.41) is 9.41. The molecule has 0 atom stereocenters. The molecule has 3 heteroatoms. The molecule has 0 aromatic heterocycles. The second-order valence-corrected chi connectivity index (χ2v) is 3.22. The van der Waals surface area contributed by atoms with Gasteiger partial charge in [-0.1, -0.05) is 15.9 Å². The zero-order valence-electron chi connectivity index (χ0n) is 5.65. The summed E-state index contributed by atoms with van der Waals surface area (Å²) in [7, 11) is 0. The first-order valence-corrected chi connectivity index (χ1v) is 3.88. The van der Waals surface area contributed by atoms with Gasteiger partial charge in [-0.05, 0) is 13.8 Å². The van der Waals surface area contributed by atoms with Crippen molar-refractivity contribution in [3.8, 4) is 0 Å². The second-order valence-electron chi connectivity index (χ2n) is 2.66. The van der Waals surface area contributed by atoms with Gasteiger partial charge in [0.1, 0.15) is 5.78 Å². The quantitative estimate of drug-likeness (QED) is 0.685. The molecule has 0 aliphatic heterocycles. The molecule has 9 heavy (non-hydrogen) atoms. The molecular weight excluding hydrogens is 184 g/mol. The molecule has 0 saturated heterocycles. The zero-order chi connectivity index (χ0) is 7.49. The van der Waals surface area contributed by atoms with Crippen LogP contribution in [0.5, 0.6) is 0 Å². The van der Waals surface area contributed by atoms with Gasteiger partial charge in [-0.2, -0.15) is 0 Å². The van der Waals surface area contributed by atoms with E-state index in [2.05, 4.69) is 15.9 Å². The van der Waals surface area contributed by atoms with Gasteiger partial charge < -0.3 is 5.11 Å². The Balaban J connectivity index is 3.60. The summed E-state index contributed by atoms with van der Waals surface area (Å²) in [4.78, 5) is 10.6. The van der Waals surface area contributed by atoms with E-state index in [-0.39, 0.29) is 12.2 Å². The van der Waals surface area contributed by atoms with Crippen LogP contribution < -0.4 is 0 Å². The minimum Gasteiger partial charge on any atom is -0.390 e. The minimum atomic E-state index is -0.856. The fourth-order valence-electron chi connectivity index (χ4n) is 0.530. The van der Waals surface area contributed by atoms with Crippen LogP contribution in [0.25, 0.3) is 0 Å². The monoisotopic (exact) mass is 194 g/mol. The maximum Gasteiger partial charge on any atom is 0.146 e. The molecular formula is C6H11BrO2. The molecule has 0 aromatic carbocycles. The lowest BCUT2D eigenvalue weighted by Gasteiger charge is -2.14. The lowest BCUT2D eigenvalue weighted by molar-refractivity contribution is -0.120. The molecule has 0 bridgehead atoms. The highest BCUT2D eigenvalue weighted by atomic mass is 79.9. The van der Waals surface area contributed by atoms with Crippen molar-refractivity contribution in [1.29, 1.82) is 0 Å². The van der Waals surface area contributed by atoms with Crippen molar-refractivity contribution in [2.45, 2.75) is 25.9 Å². The molecule has 0 heterocycles. The number of ketones is 1. The van der Waals surface area contributed by atoms with E-state index in [0.29, 0.717) is 5.33 Å². The molecule has 0 aliphatic carbocycles. The molecule has 0 amide bonds. The molecule has 0 aromatic rings. The summed E-state index contributed by atoms with van der Waals surface area (Å²) < 4.78 is 0. The van der Waals surface area contributed by atoms with Crippen molar-refractivity contribution in [2.75, 3.05) is 5.33 Å². The maximum absolute atomic E-state index is 10.6. The Morgan fingerprint density at radius 1 is 1.67 bits per heavy atom. The minimum absolute atomic E-state index is 0.0301. The first-order chi connectivity index (χ1) is 3.95. The highest BCUT2D eigenvalue weighted by Gasteiger charge is 2.16. The Hall–Kier alpha value is 0.110. The van der Waals surface area contributed by atoms with Crippen LogP contribution in [0, 0.1) is 0 Å². The second kappa shape index (κ2) is 3.32. The van der Waals surface area contributed by atoms with Crippen LogP contribution in [0.1, 0.15) is 20.3 Å². The molecule has 0 spiro atoms. The summed E-state index contributed by atoms with van der Waals surface area (Å²) >= 11 is 3.01. The lowest BCUT2D eigenvalue weighted by Crippen LogP contribution is -2.23. The average molecular weight is 195 g/mol. The van der Waals surface area contributed by atoms with Crippen molar-refractivity contribution < 1.29 is 9.90 Å². The first kappa shape index (κ1) is 9.11. The van der Waals surface area contributed by atoms with E-state index in [1.807, 2.05) is 0 Å². The number of carbonyl (C=O) groups is 1. The smallest absolute Gasteiger partial charge is 0.146 e. The van der Waals surface area contributed by atoms with E-state index >= 15 is 0 Å². The number of carbonyl (C=O) groups excluding carboxylic acids is 1. The van der Waals surface area contributed by atoms with Gasteiger partial charge in [0, 0.05) is 6.42 Å². The third-order valence-corrected chi connectivity index (χ3v) is 1.40.